The number of nitrogens with zero attached hydrogens (tertiary/aromatic N) is 2. The topological polar surface area (TPSA) is 64.0 Å². The van der Waals surface area contributed by atoms with Gasteiger partial charge in [-0.15, -0.1) is 0 Å². The van der Waals surface area contributed by atoms with Crippen LogP contribution in [0.5, 0.6) is 0 Å². The number of carbonyl (C=O) groups is 1. The first kappa shape index (κ1) is 25.6. The van der Waals surface area contributed by atoms with Crippen LogP contribution in [-0.2, 0) is 16.6 Å². The Kier molecular flexibility index (Phi) is 6.90. The summed E-state index contributed by atoms with van der Waals surface area (Å²) in [5, 5.41) is 3.57. The number of aromatic nitrogens is 2. The zero-order chi connectivity index (χ0) is 27.0. The molecule has 0 aliphatic heterocycles. The van der Waals surface area contributed by atoms with Crippen LogP contribution in [0.3, 0.4) is 0 Å². The fourth-order valence-corrected chi connectivity index (χ4v) is 7.14. The Bertz CT molecular complexity index is 1620. The Labute approximate surface area is 233 Å². The molecule has 1 spiro atoms. The first-order valence-corrected chi connectivity index (χ1v) is 14.8. The van der Waals surface area contributed by atoms with E-state index in [1.165, 1.54) is 23.7 Å². The number of carbonyl (C=O) groups excluding carboxylic acids is 1. The van der Waals surface area contributed by atoms with E-state index >= 15 is 0 Å². The predicted octanol–water partition coefficient (Wildman–Crippen LogP) is 7.01. The van der Waals surface area contributed by atoms with E-state index in [0.717, 1.165) is 71.4 Å². The normalized spacial score (nSPS) is 15.4. The molecular formula is C33H33N3O2S. The molecule has 2 aliphatic carbocycles. The molecule has 0 saturated heterocycles. The Balaban J connectivity index is 1.49. The average molecular weight is 536 g/mol. The second-order valence-electron chi connectivity index (χ2n) is 10.9. The standard InChI is InChI=1S/C33H33N3O2S/c1-22-12-4-8-16-26(22)34-28(37)21-39-32-35-30-25-15-7-6-14-24(25)20-33(18-10-3-11-19-33)29(30)31(38)36(32)27-17-9-5-13-23(27)2/h4-9,12-17H,3,10-11,18-21H2,1-2H3,(H,34,37). The van der Waals surface area contributed by atoms with E-state index in [-0.39, 0.29) is 22.6 Å². The van der Waals surface area contributed by atoms with Crippen molar-refractivity contribution in [1.82, 2.24) is 9.55 Å². The molecule has 39 heavy (non-hydrogen) atoms. The second kappa shape index (κ2) is 10.5. The van der Waals surface area contributed by atoms with E-state index in [4.69, 9.17) is 4.98 Å². The van der Waals surface area contributed by atoms with Gasteiger partial charge in [0.15, 0.2) is 5.16 Å². The van der Waals surface area contributed by atoms with Crippen molar-refractivity contribution in [3.63, 3.8) is 0 Å². The van der Waals surface area contributed by atoms with Crippen LogP contribution in [-0.4, -0.2) is 21.2 Å². The summed E-state index contributed by atoms with van der Waals surface area (Å²) in [6.07, 6.45) is 6.35. The highest BCUT2D eigenvalue weighted by molar-refractivity contribution is 7.99. The van der Waals surface area contributed by atoms with E-state index in [9.17, 15) is 9.59 Å². The molecular weight excluding hydrogens is 502 g/mol. The zero-order valence-corrected chi connectivity index (χ0v) is 23.3. The van der Waals surface area contributed by atoms with E-state index in [0.29, 0.717) is 5.16 Å². The maximum atomic E-state index is 14.7. The van der Waals surface area contributed by atoms with Crippen molar-refractivity contribution in [3.05, 3.63) is 105 Å². The Morgan fingerprint density at radius 1 is 0.923 bits per heavy atom. The van der Waals surface area contributed by atoms with Crippen molar-refractivity contribution in [2.24, 2.45) is 0 Å². The van der Waals surface area contributed by atoms with Crippen LogP contribution in [0.2, 0.25) is 0 Å². The number of rotatable bonds is 5. The molecule has 1 fully saturated rings. The molecule has 1 amide bonds. The summed E-state index contributed by atoms with van der Waals surface area (Å²) in [5.41, 5.74) is 7.42. The fourth-order valence-electron chi connectivity index (χ4n) is 6.34. The summed E-state index contributed by atoms with van der Waals surface area (Å²) < 4.78 is 1.77. The summed E-state index contributed by atoms with van der Waals surface area (Å²) in [5.74, 6) is 0.0276. The third-order valence-corrected chi connectivity index (χ3v) is 9.24. The van der Waals surface area contributed by atoms with Crippen LogP contribution in [0.15, 0.2) is 82.7 Å². The van der Waals surface area contributed by atoms with Gasteiger partial charge in [0.25, 0.3) is 5.56 Å². The highest BCUT2D eigenvalue weighted by atomic mass is 32.2. The van der Waals surface area contributed by atoms with Crippen molar-refractivity contribution in [2.45, 2.75) is 62.9 Å². The van der Waals surface area contributed by atoms with Gasteiger partial charge < -0.3 is 5.32 Å². The number of benzene rings is 3. The molecule has 1 aromatic heterocycles. The number of para-hydroxylation sites is 2. The largest absolute Gasteiger partial charge is 0.325 e. The Morgan fingerprint density at radius 3 is 2.38 bits per heavy atom. The molecule has 0 atom stereocenters. The number of anilines is 1. The SMILES string of the molecule is Cc1ccccc1NC(=O)CSc1nc2c(c(=O)n1-c1ccccc1C)C1(CCCCC1)Cc1ccccc1-2. The van der Waals surface area contributed by atoms with Gasteiger partial charge in [-0.2, -0.15) is 0 Å². The smallest absolute Gasteiger partial charge is 0.263 e. The third-order valence-electron chi connectivity index (χ3n) is 8.30. The Morgan fingerprint density at radius 2 is 1.62 bits per heavy atom. The molecule has 4 aromatic rings. The summed E-state index contributed by atoms with van der Waals surface area (Å²) >= 11 is 1.32. The first-order valence-electron chi connectivity index (χ1n) is 13.8. The molecule has 198 valence electrons. The molecule has 0 radical (unpaired) electrons. The number of hydrogen-bond acceptors (Lipinski definition) is 4. The highest BCUT2D eigenvalue weighted by Gasteiger charge is 2.43. The van der Waals surface area contributed by atoms with Crippen LogP contribution >= 0.6 is 11.8 Å². The lowest BCUT2D eigenvalue weighted by atomic mass is 9.62. The molecule has 2 aliphatic rings. The minimum Gasteiger partial charge on any atom is -0.325 e. The first-order chi connectivity index (χ1) is 19.0. The van der Waals surface area contributed by atoms with Gasteiger partial charge in [0, 0.05) is 16.7 Å². The summed E-state index contributed by atoms with van der Waals surface area (Å²) in [6.45, 7) is 3.99. The highest BCUT2D eigenvalue weighted by Crippen LogP contribution is 2.49. The quantitative estimate of drug-likeness (QED) is 0.221. The van der Waals surface area contributed by atoms with E-state index in [1.807, 2.05) is 68.4 Å². The van der Waals surface area contributed by atoms with E-state index in [2.05, 4.69) is 23.5 Å². The van der Waals surface area contributed by atoms with Crippen LogP contribution < -0.4 is 10.9 Å². The predicted molar refractivity (Wildman–Crippen MR) is 159 cm³/mol. The Hall–Kier alpha value is -3.64. The number of fused-ring (bicyclic) bond motifs is 4. The summed E-state index contributed by atoms with van der Waals surface area (Å²) in [6, 6.07) is 24.1. The molecule has 1 heterocycles. The maximum absolute atomic E-state index is 14.7. The minimum absolute atomic E-state index is 0.00696. The maximum Gasteiger partial charge on any atom is 0.263 e. The minimum atomic E-state index is -0.193. The second-order valence-corrected chi connectivity index (χ2v) is 11.8. The van der Waals surface area contributed by atoms with Gasteiger partial charge in [-0.05, 0) is 61.9 Å². The van der Waals surface area contributed by atoms with Crippen molar-refractivity contribution >= 4 is 23.4 Å². The van der Waals surface area contributed by atoms with E-state index < -0.39 is 0 Å². The molecule has 0 bridgehead atoms. The summed E-state index contributed by atoms with van der Waals surface area (Å²) in [4.78, 5) is 32.9. The van der Waals surface area contributed by atoms with Gasteiger partial charge in [-0.25, -0.2) is 4.98 Å². The lowest BCUT2D eigenvalue weighted by molar-refractivity contribution is -0.113. The fraction of sp³-hybridized carbons (Fsp3) is 0.303. The van der Waals surface area contributed by atoms with Crippen molar-refractivity contribution in [1.29, 1.82) is 0 Å². The summed E-state index contributed by atoms with van der Waals surface area (Å²) in [7, 11) is 0. The number of nitrogens with one attached hydrogen (secondary N) is 1. The zero-order valence-electron chi connectivity index (χ0n) is 22.5. The lowest BCUT2D eigenvalue weighted by Crippen LogP contribution is -2.43. The molecule has 3 aromatic carbocycles. The number of aryl methyl sites for hydroxylation is 2. The molecule has 6 rings (SSSR count). The number of amides is 1. The van der Waals surface area contributed by atoms with Gasteiger partial charge >= 0.3 is 0 Å². The van der Waals surface area contributed by atoms with Gasteiger partial charge in [-0.1, -0.05) is 91.7 Å². The lowest BCUT2D eigenvalue weighted by Gasteiger charge is -2.42. The van der Waals surface area contributed by atoms with Crippen LogP contribution in [0.25, 0.3) is 16.9 Å². The van der Waals surface area contributed by atoms with Crippen molar-refractivity contribution in [2.75, 3.05) is 11.1 Å². The average Bonchev–Trinajstić information content (AvgIpc) is 2.94. The number of hydrogen-bond donors (Lipinski definition) is 1. The van der Waals surface area contributed by atoms with E-state index in [1.54, 1.807) is 4.57 Å². The van der Waals surface area contributed by atoms with Crippen LogP contribution in [0.4, 0.5) is 5.69 Å². The van der Waals surface area contributed by atoms with Crippen molar-refractivity contribution in [3.8, 4) is 16.9 Å². The molecule has 0 unspecified atom stereocenters. The third kappa shape index (κ3) is 4.71. The van der Waals surface area contributed by atoms with Gasteiger partial charge in [0.05, 0.1) is 22.7 Å². The molecule has 5 nitrogen and oxygen atoms in total. The van der Waals surface area contributed by atoms with Gasteiger partial charge in [0.2, 0.25) is 5.91 Å². The van der Waals surface area contributed by atoms with Crippen LogP contribution in [0, 0.1) is 13.8 Å². The number of thioether (sulfide) groups is 1. The molecule has 1 saturated carbocycles. The van der Waals surface area contributed by atoms with Gasteiger partial charge in [0.1, 0.15) is 0 Å². The van der Waals surface area contributed by atoms with Crippen LogP contribution in [0.1, 0.15) is 54.4 Å². The molecule has 1 N–H and O–H groups in total. The molecule has 6 heteroatoms. The van der Waals surface area contributed by atoms with Gasteiger partial charge in [-0.3, -0.25) is 14.2 Å². The monoisotopic (exact) mass is 535 g/mol. The van der Waals surface area contributed by atoms with Crippen molar-refractivity contribution < 1.29 is 4.79 Å².